The molecule has 0 aromatic heterocycles. The Labute approximate surface area is 181 Å². The SMILES string of the molecule is CC(C)OCCCN1C(=O)C2=C(C(=O)C3CC(Cl)CCC3O2)C1c1ccc(F)cc1. The van der Waals surface area contributed by atoms with Gasteiger partial charge in [0.25, 0.3) is 5.91 Å². The van der Waals surface area contributed by atoms with Gasteiger partial charge in [-0.25, -0.2) is 4.39 Å². The van der Waals surface area contributed by atoms with Gasteiger partial charge in [-0.3, -0.25) is 9.59 Å². The van der Waals surface area contributed by atoms with Gasteiger partial charge in [-0.15, -0.1) is 11.6 Å². The number of hydrogen-bond donors (Lipinski definition) is 0. The third-order valence-electron chi connectivity index (χ3n) is 6.06. The second-order valence-electron chi connectivity index (χ2n) is 8.51. The van der Waals surface area contributed by atoms with Gasteiger partial charge in [-0.1, -0.05) is 12.1 Å². The molecule has 7 heteroatoms. The lowest BCUT2D eigenvalue weighted by Gasteiger charge is -2.37. The average molecular weight is 436 g/mol. The van der Waals surface area contributed by atoms with Crippen molar-refractivity contribution in [2.75, 3.05) is 13.2 Å². The zero-order valence-corrected chi connectivity index (χ0v) is 18.0. The molecule has 1 aliphatic carbocycles. The number of carbonyl (C=O) groups excluding carboxylic acids is 2. The predicted molar refractivity (Wildman–Crippen MR) is 110 cm³/mol. The maximum Gasteiger partial charge on any atom is 0.290 e. The van der Waals surface area contributed by atoms with Gasteiger partial charge < -0.3 is 14.4 Å². The van der Waals surface area contributed by atoms with Gasteiger partial charge in [0.2, 0.25) is 0 Å². The first-order valence-electron chi connectivity index (χ1n) is 10.6. The second-order valence-corrected chi connectivity index (χ2v) is 9.12. The first-order chi connectivity index (χ1) is 14.4. The number of fused-ring (bicyclic) bond motifs is 1. The summed E-state index contributed by atoms with van der Waals surface area (Å²) in [6.45, 7) is 4.85. The van der Waals surface area contributed by atoms with Crippen molar-refractivity contribution in [2.24, 2.45) is 5.92 Å². The van der Waals surface area contributed by atoms with Crippen molar-refractivity contribution in [1.29, 1.82) is 0 Å². The summed E-state index contributed by atoms with van der Waals surface area (Å²) < 4.78 is 25.2. The molecule has 4 atom stereocenters. The molecule has 2 aliphatic heterocycles. The standard InChI is InChI=1S/C23H27ClFNO4/c1-13(2)29-11-3-10-26-20(14-4-7-16(25)8-5-14)19-21(27)17-12-15(24)6-9-18(17)30-22(19)23(26)28/h4-5,7-8,13,15,17-18,20H,3,6,9-12H2,1-2H3. The van der Waals surface area contributed by atoms with Gasteiger partial charge >= 0.3 is 0 Å². The summed E-state index contributed by atoms with van der Waals surface area (Å²) in [6, 6.07) is 5.39. The molecule has 4 rings (SSSR count). The van der Waals surface area contributed by atoms with Crippen LogP contribution in [0.1, 0.15) is 51.1 Å². The van der Waals surface area contributed by atoms with Crippen LogP contribution < -0.4 is 0 Å². The van der Waals surface area contributed by atoms with Crippen molar-refractivity contribution >= 4 is 23.3 Å². The number of carbonyl (C=O) groups is 2. The number of ketones is 1. The van der Waals surface area contributed by atoms with E-state index in [4.69, 9.17) is 21.1 Å². The Balaban J connectivity index is 1.65. The Morgan fingerprint density at radius 2 is 1.97 bits per heavy atom. The van der Waals surface area contributed by atoms with E-state index < -0.39 is 6.04 Å². The van der Waals surface area contributed by atoms with Crippen LogP contribution in [-0.4, -0.2) is 47.3 Å². The monoisotopic (exact) mass is 435 g/mol. The third-order valence-corrected chi connectivity index (χ3v) is 6.46. The fourth-order valence-electron chi connectivity index (χ4n) is 4.64. The Morgan fingerprint density at radius 3 is 2.67 bits per heavy atom. The van der Waals surface area contributed by atoms with E-state index in [0.29, 0.717) is 43.6 Å². The largest absolute Gasteiger partial charge is 0.483 e. The van der Waals surface area contributed by atoms with Gasteiger partial charge in [0.15, 0.2) is 11.5 Å². The number of alkyl halides is 1. The van der Waals surface area contributed by atoms with Crippen LogP contribution in [0.4, 0.5) is 4.39 Å². The second kappa shape index (κ2) is 8.67. The van der Waals surface area contributed by atoms with Crippen molar-refractivity contribution in [1.82, 2.24) is 4.90 Å². The molecule has 0 N–H and O–H groups in total. The zero-order valence-electron chi connectivity index (χ0n) is 17.3. The molecule has 30 heavy (non-hydrogen) atoms. The molecule has 162 valence electrons. The zero-order chi connectivity index (χ0) is 21.4. The highest BCUT2D eigenvalue weighted by atomic mass is 35.5. The fraction of sp³-hybridized carbons (Fsp3) is 0.565. The molecule has 1 fully saturated rings. The normalized spacial score (nSPS) is 28.6. The molecule has 0 radical (unpaired) electrons. The summed E-state index contributed by atoms with van der Waals surface area (Å²) >= 11 is 6.33. The van der Waals surface area contributed by atoms with Crippen molar-refractivity contribution in [3.63, 3.8) is 0 Å². The molecule has 3 aliphatic rings. The molecular formula is C23H27ClFNO4. The molecule has 1 saturated carbocycles. The minimum Gasteiger partial charge on any atom is -0.483 e. The van der Waals surface area contributed by atoms with Crippen LogP contribution in [0.15, 0.2) is 35.6 Å². The van der Waals surface area contributed by atoms with Gasteiger partial charge in [0.05, 0.1) is 23.6 Å². The maximum atomic E-state index is 13.5. The summed E-state index contributed by atoms with van der Waals surface area (Å²) in [6.07, 6.45) is 2.42. The van der Waals surface area contributed by atoms with Crippen LogP contribution in [0.2, 0.25) is 0 Å². The van der Waals surface area contributed by atoms with Crippen LogP contribution in [0.3, 0.4) is 0 Å². The van der Waals surface area contributed by atoms with Crippen LogP contribution in [-0.2, 0) is 19.1 Å². The molecule has 4 unspecified atom stereocenters. The molecule has 1 amide bonds. The average Bonchev–Trinajstić information content (AvgIpc) is 2.99. The van der Waals surface area contributed by atoms with Gasteiger partial charge in [0.1, 0.15) is 11.9 Å². The number of nitrogens with zero attached hydrogens (tertiary/aromatic N) is 1. The van der Waals surface area contributed by atoms with Crippen molar-refractivity contribution in [2.45, 2.75) is 63.2 Å². The number of amides is 1. The third kappa shape index (κ3) is 4.00. The van der Waals surface area contributed by atoms with E-state index in [9.17, 15) is 14.0 Å². The molecule has 5 nitrogen and oxygen atoms in total. The van der Waals surface area contributed by atoms with Gasteiger partial charge in [-0.2, -0.15) is 0 Å². The van der Waals surface area contributed by atoms with E-state index >= 15 is 0 Å². The number of benzene rings is 1. The quantitative estimate of drug-likeness (QED) is 0.497. The summed E-state index contributed by atoms with van der Waals surface area (Å²) in [5.41, 5.74) is 1.09. The summed E-state index contributed by atoms with van der Waals surface area (Å²) in [5, 5.41) is -0.0633. The number of rotatable bonds is 6. The lowest BCUT2D eigenvalue weighted by molar-refractivity contribution is -0.135. The fourth-order valence-corrected chi connectivity index (χ4v) is 4.96. The number of halogens is 2. The lowest BCUT2D eigenvalue weighted by Crippen LogP contribution is -2.41. The first kappa shape index (κ1) is 21.3. The smallest absolute Gasteiger partial charge is 0.290 e. The Bertz CT molecular complexity index is 853. The molecule has 1 aromatic carbocycles. The molecular weight excluding hydrogens is 409 g/mol. The summed E-state index contributed by atoms with van der Waals surface area (Å²) in [7, 11) is 0. The van der Waals surface area contributed by atoms with Crippen molar-refractivity contribution in [3.05, 3.63) is 47.0 Å². The highest BCUT2D eigenvalue weighted by molar-refractivity contribution is 6.21. The van der Waals surface area contributed by atoms with E-state index in [1.54, 1.807) is 17.0 Å². The number of hydrogen-bond acceptors (Lipinski definition) is 4. The molecule has 2 heterocycles. The van der Waals surface area contributed by atoms with E-state index in [1.807, 2.05) is 13.8 Å². The highest BCUT2D eigenvalue weighted by Gasteiger charge is 2.52. The Kier molecular flexibility index (Phi) is 6.16. The summed E-state index contributed by atoms with van der Waals surface area (Å²) in [4.78, 5) is 28.4. The first-order valence-corrected chi connectivity index (χ1v) is 11.1. The van der Waals surface area contributed by atoms with E-state index in [0.717, 1.165) is 6.42 Å². The minimum absolute atomic E-state index is 0.0600. The van der Waals surface area contributed by atoms with Crippen LogP contribution >= 0.6 is 11.6 Å². The van der Waals surface area contributed by atoms with E-state index in [1.165, 1.54) is 12.1 Å². The van der Waals surface area contributed by atoms with E-state index in [-0.39, 0.29) is 46.8 Å². The van der Waals surface area contributed by atoms with Crippen LogP contribution in [0, 0.1) is 11.7 Å². The molecule has 0 spiro atoms. The van der Waals surface area contributed by atoms with Gasteiger partial charge in [-0.05, 0) is 57.2 Å². The topological polar surface area (TPSA) is 55.8 Å². The minimum atomic E-state index is -0.573. The predicted octanol–water partition coefficient (Wildman–Crippen LogP) is 4.15. The van der Waals surface area contributed by atoms with Gasteiger partial charge in [0, 0.05) is 18.5 Å². The molecule has 1 aromatic rings. The van der Waals surface area contributed by atoms with E-state index in [2.05, 4.69) is 0 Å². The maximum absolute atomic E-state index is 13.5. The number of ether oxygens (including phenoxy) is 2. The van der Waals surface area contributed by atoms with Crippen molar-refractivity contribution in [3.8, 4) is 0 Å². The number of Topliss-reactive ketones (excluding diaryl/α,β-unsaturated/α-hetero) is 1. The Morgan fingerprint density at radius 1 is 1.23 bits per heavy atom. The lowest BCUT2D eigenvalue weighted by atomic mass is 9.77. The highest BCUT2D eigenvalue weighted by Crippen LogP contribution is 2.47. The molecule has 0 saturated heterocycles. The molecule has 0 bridgehead atoms. The van der Waals surface area contributed by atoms with Crippen LogP contribution in [0.5, 0.6) is 0 Å². The van der Waals surface area contributed by atoms with Crippen molar-refractivity contribution < 1.29 is 23.5 Å². The van der Waals surface area contributed by atoms with Crippen LogP contribution in [0.25, 0.3) is 0 Å². The Hall–Kier alpha value is -1.92. The summed E-state index contributed by atoms with van der Waals surface area (Å²) in [5.74, 6) is -0.870.